The van der Waals surface area contributed by atoms with Gasteiger partial charge in [0.15, 0.2) is 0 Å². The third kappa shape index (κ3) is 1.48. The van der Waals surface area contributed by atoms with Gasteiger partial charge >= 0.3 is 0 Å². The molecule has 0 amide bonds. The molecule has 1 aliphatic heterocycles. The van der Waals surface area contributed by atoms with Crippen LogP contribution in [0.3, 0.4) is 0 Å². The molecule has 88 valence electrons. The standard InChI is InChI=1S/C13H19NO2/c1-12(2)10(15)9(14-4)8-13(3)6-5-7-16-11(12)13/h9,11H,5-8H2,1-3H3/t9?,11-,13-/m0/s1. The van der Waals surface area contributed by atoms with E-state index in [-0.39, 0.29) is 17.3 Å². The molecule has 0 aromatic heterocycles. The average molecular weight is 221 g/mol. The Kier molecular flexibility index (Phi) is 2.58. The minimum atomic E-state index is -0.511. The molecule has 1 aliphatic carbocycles. The number of carbonyl (C=O) groups excluding carboxylic acids is 1. The van der Waals surface area contributed by atoms with Crippen LogP contribution in [0, 0.1) is 17.4 Å². The van der Waals surface area contributed by atoms with E-state index >= 15 is 0 Å². The van der Waals surface area contributed by atoms with Crippen molar-refractivity contribution in [3.05, 3.63) is 11.4 Å². The highest BCUT2D eigenvalue weighted by molar-refractivity contribution is 5.92. The lowest BCUT2D eigenvalue weighted by Crippen LogP contribution is -2.59. The van der Waals surface area contributed by atoms with Gasteiger partial charge in [0.05, 0.1) is 11.5 Å². The monoisotopic (exact) mass is 221 g/mol. The minimum absolute atomic E-state index is 0.00484. The van der Waals surface area contributed by atoms with Crippen LogP contribution in [0.5, 0.6) is 0 Å². The molecule has 2 aliphatic rings. The highest BCUT2D eigenvalue weighted by Crippen LogP contribution is 2.51. The van der Waals surface area contributed by atoms with Crippen LogP contribution in [0.25, 0.3) is 4.85 Å². The maximum atomic E-state index is 12.2. The summed E-state index contributed by atoms with van der Waals surface area (Å²) in [6, 6.07) is -0.460. The Bertz CT molecular complexity index is 355. The molecule has 1 heterocycles. The Balaban J connectivity index is 2.38. The Hall–Kier alpha value is -0.880. The molecule has 2 rings (SSSR count). The Morgan fingerprint density at radius 1 is 1.44 bits per heavy atom. The van der Waals surface area contributed by atoms with Crippen molar-refractivity contribution in [3.8, 4) is 0 Å². The average Bonchev–Trinajstić information content (AvgIpc) is 2.24. The van der Waals surface area contributed by atoms with Gasteiger partial charge in [-0.1, -0.05) is 20.8 Å². The van der Waals surface area contributed by atoms with Crippen molar-refractivity contribution in [1.82, 2.24) is 0 Å². The van der Waals surface area contributed by atoms with E-state index in [4.69, 9.17) is 11.3 Å². The molecule has 1 unspecified atom stereocenters. The number of hydrogen-bond acceptors (Lipinski definition) is 2. The predicted octanol–water partition coefficient (Wildman–Crippen LogP) is 2.46. The highest BCUT2D eigenvalue weighted by atomic mass is 16.5. The molecule has 0 N–H and O–H groups in total. The summed E-state index contributed by atoms with van der Waals surface area (Å²) < 4.78 is 5.84. The summed E-state index contributed by atoms with van der Waals surface area (Å²) in [5.74, 6) is 0.0619. The second-order valence-electron chi connectivity index (χ2n) is 5.94. The van der Waals surface area contributed by atoms with Gasteiger partial charge in [0.25, 0.3) is 6.04 Å². The van der Waals surface area contributed by atoms with E-state index in [2.05, 4.69) is 11.8 Å². The smallest absolute Gasteiger partial charge is 0.282 e. The predicted molar refractivity (Wildman–Crippen MR) is 60.9 cm³/mol. The molecule has 16 heavy (non-hydrogen) atoms. The number of rotatable bonds is 0. The lowest BCUT2D eigenvalue weighted by atomic mass is 9.57. The number of nitrogens with zero attached hydrogens (tertiary/aromatic N) is 1. The fraction of sp³-hybridized carbons (Fsp3) is 0.846. The highest BCUT2D eigenvalue weighted by Gasteiger charge is 2.59. The molecule has 3 heteroatoms. The molecule has 0 radical (unpaired) electrons. The summed E-state index contributed by atoms with van der Waals surface area (Å²) in [5.41, 5.74) is -0.506. The van der Waals surface area contributed by atoms with Crippen LogP contribution >= 0.6 is 0 Å². The van der Waals surface area contributed by atoms with Crippen molar-refractivity contribution in [3.63, 3.8) is 0 Å². The number of ether oxygens (including phenoxy) is 1. The van der Waals surface area contributed by atoms with E-state index in [0.717, 1.165) is 19.4 Å². The SMILES string of the molecule is [C-]#[N+]C1C[C@]2(C)CCCO[C@H]2C(C)(C)C1=O. The molecular weight excluding hydrogens is 202 g/mol. The molecule has 3 atom stereocenters. The van der Waals surface area contributed by atoms with Crippen LogP contribution in [-0.4, -0.2) is 24.5 Å². The van der Waals surface area contributed by atoms with E-state index < -0.39 is 11.5 Å². The van der Waals surface area contributed by atoms with E-state index in [1.165, 1.54) is 0 Å². The maximum Gasteiger partial charge on any atom is 0.282 e. The summed E-state index contributed by atoms with van der Waals surface area (Å²) in [6.45, 7) is 13.9. The lowest BCUT2D eigenvalue weighted by molar-refractivity contribution is -0.173. The quantitative estimate of drug-likeness (QED) is 0.588. The van der Waals surface area contributed by atoms with Gasteiger partial charge in [-0.05, 0) is 12.8 Å². The number of ketones is 1. The number of hydrogen-bond donors (Lipinski definition) is 0. The molecule has 0 aromatic carbocycles. The number of Topliss-reactive ketones (excluding diaryl/α,β-unsaturated/α-hetero) is 1. The first-order valence-electron chi connectivity index (χ1n) is 5.94. The second kappa shape index (κ2) is 3.56. The fourth-order valence-corrected chi connectivity index (χ4v) is 3.50. The van der Waals surface area contributed by atoms with Gasteiger partial charge in [-0.3, -0.25) is 4.79 Å². The van der Waals surface area contributed by atoms with E-state index in [9.17, 15) is 4.79 Å². The van der Waals surface area contributed by atoms with Gasteiger partial charge < -0.3 is 9.58 Å². The zero-order chi connectivity index (χ0) is 12.0. The fourth-order valence-electron chi connectivity index (χ4n) is 3.50. The summed E-state index contributed by atoms with van der Waals surface area (Å²) in [6.07, 6.45) is 2.77. The molecule has 3 nitrogen and oxygen atoms in total. The first-order chi connectivity index (χ1) is 7.42. The van der Waals surface area contributed by atoms with Crippen LogP contribution in [0.4, 0.5) is 0 Å². The molecule has 0 spiro atoms. The zero-order valence-corrected chi connectivity index (χ0v) is 10.2. The van der Waals surface area contributed by atoms with Gasteiger partial charge in [-0.25, -0.2) is 6.57 Å². The number of fused-ring (bicyclic) bond motifs is 1. The molecule has 1 saturated carbocycles. The van der Waals surface area contributed by atoms with Gasteiger partial charge in [0.1, 0.15) is 0 Å². The summed E-state index contributed by atoms with van der Waals surface area (Å²) in [4.78, 5) is 15.7. The molecule has 0 aromatic rings. The van der Waals surface area contributed by atoms with Gasteiger partial charge in [0, 0.05) is 18.4 Å². The zero-order valence-electron chi connectivity index (χ0n) is 10.2. The summed E-state index contributed by atoms with van der Waals surface area (Å²) in [5, 5.41) is 0. The van der Waals surface area contributed by atoms with Crippen molar-refractivity contribution in [1.29, 1.82) is 0 Å². The third-order valence-electron chi connectivity index (χ3n) is 4.22. The lowest BCUT2D eigenvalue weighted by Gasteiger charge is -2.51. The molecule has 0 bridgehead atoms. The first-order valence-corrected chi connectivity index (χ1v) is 5.94. The van der Waals surface area contributed by atoms with Crippen molar-refractivity contribution >= 4 is 5.78 Å². The van der Waals surface area contributed by atoms with Crippen LogP contribution in [-0.2, 0) is 9.53 Å². The van der Waals surface area contributed by atoms with Crippen molar-refractivity contribution in [2.24, 2.45) is 10.8 Å². The Morgan fingerprint density at radius 3 is 2.75 bits per heavy atom. The Labute approximate surface area is 97.0 Å². The third-order valence-corrected chi connectivity index (χ3v) is 4.22. The van der Waals surface area contributed by atoms with Crippen molar-refractivity contribution in [2.75, 3.05) is 6.61 Å². The van der Waals surface area contributed by atoms with Gasteiger partial charge in [-0.15, -0.1) is 0 Å². The summed E-state index contributed by atoms with van der Waals surface area (Å²) >= 11 is 0. The maximum absolute atomic E-state index is 12.2. The topological polar surface area (TPSA) is 30.7 Å². The minimum Gasteiger partial charge on any atom is -0.377 e. The molecule has 1 saturated heterocycles. The van der Waals surface area contributed by atoms with Crippen molar-refractivity contribution < 1.29 is 9.53 Å². The van der Waals surface area contributed by atoms with Crippen molar-refractivity contribution in [2.45, 2.75) is 52.2 Å². The van der Waals surface area contributed by atoms with E-state index in [1.54, 1.807) is 0 Å². The Morgan fingerprint density at radius 2 is 2.12 bits per heavy atom. The first kappa shape index (κ1) is 11.6. The van der Waals surface area contributed by atoms with E-state index in [1.807, 2.05) is 13.8 Å². The van der Waals surface area contributed by atoms with Crippen LogP contribution in [0.15, 0.2) is 0 Å². The summed E-state index contributed by atoms with van der Waals surface area (Å²) in [7, 11) is 0. The second-order valence-corrected chi connectivity index (χ2v) is 5.94. The molecular formula is C13H19NO2. The van der Waals surface area contributed by atoms with E-state index in [0.29, 0.717) is 6.42 Å². The largest absolute Gasteiger partial charge is 0.377 e. The van der Waals surface area contributed by atoms with Crippen LogP contribution < -0.4 is 0 Å². The normalized spacial score (nSPS) is 42.2. The number of carbonyl (C=O) groups is 1. The van der Waals surface area contributed by atoms with Gasteiger partial charge in [0.2, 0.25) is 5.78 Å². The van der Waals surface area contributed by atoms with Crippen LogP contribution in [0.2, 0.25) is 0 Å². The molecule has 2 fully saturated rings. The van der Waals surface area contributed by atoms with Crippen LogP contribution in [0.1, 0.15) is 40.0 Å². The van der Waals surface area contributed by atoms with Gasteiger partial charge in [-0.2, -0.15) is 0 Å².